The summed E-state index contributed by atoms with van der Waals surface area (Å²) in [5, 5.41) is 3.21. The number of aliphatic imine (C=N–C) groups is 1. The van der Waals surface area contributed by atoms with E-state index < -0.39 is 10.0 Å². The molecule has 1 saturated heterocycles. The summed E-state index contributed by atoms with van der Waals surface area (Å²) in [5.41, 5.74) is 0. The number of hydrogen-bond donors (Lipinski definition) is 2. The van der Waals surface area contributed by atoms with Crippen LogP contribution in [-0.2, 0) is 10.0 Å². The molecule has 1 aliphatic rings. The Bertz CT molecular complexity index is 440. The molecule has 0 aliphatic carbocycles. The van der Waals surface area contributed by atoms with Gasteiger partial charge in [-0.3, -0.25) is 9.89 Å². The fourth-order valence-electron chi connectivity index (χ4n) is 2.72. The molecule has 132 valence electrons. The second-order valence-corrected chi connectivity index (χ2v) is 7.08. The highest BCUT2D eigenvalue weighted by atomic mass is 127. The summed E-state index contributed by atoms with van der Waals surface area (Å²) in [7, 11) is -1.36. The van der Waals surface area contributed by atoms with Gasteiger partial charge in [0.15, 0.2) is 5.96 Å². The van der Waals surface area contributed by atoms with Crippen molar-refractivity contribution in [1.29, 1.82) is 0 Å². The van der Waals surface area contributed by atoms with Gasteiger partial charge in [-0.1, -0.05) is 13.8 Å². The van der Waals surface area contributed by atoms with Crippen molar-refractivity contribution in [3.05, 3.63) is 0 Å². The summed E-state index contributed by atoms with van der Waals surface area (Å²) in [6, 6.07) is 0.577. The molecular weight excluding hydrogens is 417 g/mol. The number of hydrogen-bond acceptors (Lipinski definition) is 4. The van der Waals surface area contributed by atoms with Crippen LogP contribution in [0.4, 0.5) is 0 Å². The first kappa shape index (κ1) is 21.9. The number of guanidine groups is 1. The first-order valence-electron chi connectivity index (χ1n) is 7.55. The Hall–Kier alpha value is -0.130. The van der Waals surface area contributed by atoms with Crippen LogP contribution in [0.3, 0.4) is 0 Å². The van der Waals surface area contributed by atoms with Crippen LogP contribution in [0.2, 0.25) is 0 Å². The highest BCUT2D eigenvalue weighted by Gasteiger charge is 2.27. The number of likely N-dealkylation sites (tertiary alicyclic amines) is 1. The van der Waals surface area contributed by atoms with Crippen molar-refractivity contribution in [3.8, 4) is 0 Å². The van der Waals surface area contributed by atoms with Crippen LogP contribution in [0, 0.1) is 0 Å². The summed E-state index contributed by atoms with van der Waals surface area (Å²) in [6.07, 6.45) is 2.31. The van der Waals surface area contributed by atoms with Crippen molar-refractivity contribution in [2.45, 2.75) is 26.3 Å². The highest BCUT2D eigenvalue weighted by Crippen LogP contribution is 2.15. The first-order valence-corrected chi connectivity index (χ1v) is 9.44. The number of sulfonamides is 1. The summed E-state index contributed by atoms with van der Waals surface area (Å²) in [4.78, 5) is 9.00. The van der Waals surface area contributed by atoms with Gasteiger partial charge in [0, 0.05) is 39.3 Å². The molecule has 0 aromatic heterocycles. The van der Waals surface area contributed by atoms with Crippen LogP contribution in [0.5, 0.6) is 0 Å². The Balaban J connectivity index is 0.00000441. The molecule has 9 heteroatoms. The molecule has 2 N–H and O–H groups in total. The lowest BCUT2D eigenvalue weighted by atomic mass is 10.2. The largest absolute Gasteiger partial charge is 0.355 e. The average Bonchev–Trinajstić information content (AvgIpc) is 2.88. The van der Waals surface area contributed by atoms with Crippen molar-refractivity contribution in [2.75, 3.05) is 52.6 Å². The quantitative estimate of drug-likeness (QED) is 0.252. The van der Waals surface area contributed by atoms with Crippen molar-refractivity contribution in [1.82, 2.24) is 19.8 Å². The van der Waals surface area contributed by atoms with Gasteiger partial charge in [-0.15, -0.1) is 24.0 Å². The maximum absolute atomic E-state index is 11.0. The SMILES string of the molecule is CCN(CC)C1CCN(C(=NC)NCCNS(C)(=O)=O)C1.I. The predicted octanol–water partition coefficient (Wildman–Crippen LogP) is 0.145. The minimum Gasteiger partial charge on any atom is -0.355 e. The number of likely N-dealkylation sites (N-methyl/N-ethyl adjacent to an activating group) is 1. The molecule has 0 saturated carbocycles. The molecule has 1 aliphatic heterocycles. The number of nitrogens with one attached hydrogen (secondary N) is 2. The molecule has 0 amide bonds. The smallest absolute Gasteiger partial charge is 0.208 e. The van der Waals surface area contributed by atoms with Crippen molar-refractivity contribution < 1.29 is 8.42 Å². The van der Waals surface area contributed by atoms with Crippen LogP contribution in [0.1, 0.15) is 20.3 Å². The lowest BCUT2D eigenvalue weighted by Crippen LogP contribution is -2.45. The zero-order valence-electron chi connectivity index (χ0n) is 14.0. The van der Waals surface area contributed by atoms with Crippen LogP contribution in [0.15, 0.2) is 4.99 Å². The van der Waals surface area contributed by atoms with E-state index in [0.717, 1.165) is 44.8 Å². The first-order chi connectivity index (χ1) is 9.91. The van der Waals surface area contributed by atoms with Gasteiger partial charge in [-0.05, 0) is 19.5 Å². The Morgan fingerprint density at radius 2 is 1.95 bits per heavy atom. The van der Waals surface area contributed by atoms with Crippen LogP contribution in [-0.4, -0.2) is 82.8 Å². The average molecular weight is 447 g/mol. The number of rotatable bonds is 7. The Labute approximate surface area is 152 Å². The molecule has 0 spiro atoms. The van der Waals surface area contributed by atoms with Crippen LogP contribution >= 0.6 is 24.0 Å². The van der Waals surface area contributed by atoms with Crippen molar-refractivity contribution >= 4 is 40.0 Å². The molecule has 0 bridgehead atoms. The van der Waals surface area contributed by atoms with E-state index in [4.69, 9.17) is 0 Å². The molecular formula is C13H30IN5O2S. The van der Waals surface area contributed by atoms with E-state index in [0.29, 0.717) is 19.1 Å². The number of nitrogens with zero attached hydrogens (tertiary/aromatic N) is 3. The van der Waals surface area contributed by atoms with Crippen molar-refractivity contribution in [3.63, 3.8) is 0 Å². The maximum atomic E-state index is 11.0. The van der Waals surface area contributed by atoms with E-state index in [1.807, 2.05) is 0 Å². The number of halogens is 1. The standard InChI is InChI=1S/C13H29N5O2S.HI/c1-5-17(6-2)12-7-10-18(11-12)13(14-3)15-8-9-16-21(4,19)20;/h12,16H,5-11H2,1-4H3,(H,14,15);1H. The molecule has 1 heterocycles. The highest BCUT2D eigenvalue weighted by molar-refractivity contribution is 14.0. The van der Waals surface area contributed by atoms with Gasteiger partial charge >= 0.3 is 0 Å². The van der Waals surface area contributed by atoms with E-state index in [-0.39, 0.29) is 24.0 Å². The molecule has 0 aromatic carbocycles. The third-order valence-corrected chi connectivity index (χ3v) is 4.50. The fourth-order valence-corrected chi connectivity index (χ4v) is 3.19. The van der Waals surface area contributed by atoms with Crippen molar-refractivity contribution in [2.24, 2.45) is 4.99 Å². The van der Waals surface area contributed by atoms with Gasteiger partial charge in [0.2, 0.25) is 10.0 Å². The minimum absolute atomic E-state index is 0. The Morgan fingerprint density at radius 1 is 1.32 bits per heavy atom. The fraction of sp³-hybridized carbons (Fsp3) is 0.923. The second-order valence-electron chi connectivity index (χ2n) is 5.25. The lowest BCUT2D eigenvalue weighted by Gasteiger charge is -2.27. The second kappa shape index (κ2) is 10.6. The van der Waals surface area contributed by atoms with Crippen LogP contribution < -0.4 is 10.0 Å². The van der Waals surface area contributed by atoms with E-state index in [2.05, 4.69) is 38.7 Å². The van der Waals surface area contributed by atoms with Crippen LogP contribution in [0.25, 0.3) is 0 Å². The van der Waals surface area contributed by atoms with Gasteiger partial charge in [-0.2, -0.15) is 0 Å². The zero-order valence-corrected chi connectivity index (χ0v) is 17.1. The topological polar surface area (TPSA) is 77.0 Å². The molecule has 22 heavy (non-hydrogen) atoms. The van der Waals surface area contributed by atoms with E-state index in [1.165, 1.54) is 0 Å². The molecule has 0 radical (unpaired) electrons. The van der Waals surface area contributed by atoms with Gasteiger partial charge in [0.1, 0.15) is 0 Å². The minimum atomic E-state index is -3.12. The van der Waals surface area contributed by atoms with E-state index in [1.54, 1.807) is 7.05 Å². The van der Waals surface area contributed by atoms with Gasteiger partial charge in [0.05, 0.1) is 6.26 Å². The normalized spacial score (nSPS) is 19.4. The molecule has 1 fully saturated rings. The predicted molar refractivity (Wildman–Crippen MR) is 103 cm³/mol. The lowest BCUT2D eigenvalue weighted by molar-refractivity contribution is 0.223. The van der Waals surface area contributed by atoms with E-state index >= 15 is 0 Å². The summed E-state index contributed by atoms with van der Waals surface area (Å²) >= 11 is 0. The summed E-state index contributed by atoms with van der Waals surface area (Å²) in [6.45, 7) is 9.38. The van der Waals surface area contributed by atoms with E-state index in [9.17, 15) is 8.42 Å². The molecule has 7 nitrogen and oxygen atoms in total. The monoisotopic (exact) mass is 447 g/mol. The molecule has 1 atom stereocenters. The molecule has 1 rings (SSSR count). The molecule has 1 unspecified atom stereocenters. The van der Waals surface area contributed by atoms with Gasteiger partial charge in [-0.25, -0.2) is 13.1 Å². The summed E-state index contributed by atoms with van der Waals surface area (Å²) in [5.74, 6) is 0.847. The third-order valence-electron chi connectivity index (χ3n) is 3.78. The molecule has 0 aromatic rings. The van der Waals surface area contributed by atoms with Gasteiger partial charge < -0.3 is 10.2 Å². The van der Waals surface area contributed by atoms with Gasteiger partial charge in [0.25, 0.3) is 0 Å². The summed E-state index contributed by atoms with van der Waals surface area (Å²) < 4.78 is 24.5. The zero-order chi connectivity index (χ0) is 15.9. The Kier molecular flexibility index (Phi) is 10.5. The maximum Gasteiger partial charge on any atom is 0.208 e. The third kappa shape index (κ3) is 7.42. The Morgan fingerprint density at radius 3 is 2.45 bits per heavy atom.